The molecule has 0 aliphatic carbocycles. The Morgan fingerprint density at radius 3 is 2.42 bits per heavy atom. The van der Waals surface area contributed by atoms with Gasteiger partial charge in [-0.1, -0.05) is 12.1 Å². The number of phenolic OH excluding ortho intramolecular Hbond substituents is 1. The Morgan fingerprint density at radius 2 is 1.82 bits per heavy atom. The first-order valence-electron chi connectivity index (χ1n) is 12.0. The van der Waals surface area contributed by atoms with Crippen LogP contribution in [-0.2, 0) is 36.8 Å². The lowest BCUT2D eigenvalue weighted by Crippen LogP contribution is -2.57. The molecule has 1 fully saturated rings. The van der Waals surface area contributed by atoms with E-state index in [1.54, 1.807) is 12.1 Å². The van der Waals surface area contributed by atoms with Crippen LogP contribution in [0, 0.1) is 0 Å². The van der Waals surface area contributed by atoms with Crippen LogP contribution in [0.1, 0.15) is 30.5 Å². The Kier molecular flexibility index (Phi) is 9.38. The van der Waals surface area contributed by atoms with Crippen molar-refractivity contribution >= 4 is 29.6 Å². The van der Waals surface area contributed by atoms with Crippen LogP contribution in [0.2, 0.25) is 0 Å². The second-order valence-corrected chi connectivity index (χ2v) is 9.08. The molecule has 1 aromatic carbocycles. The number of carbonyl (C=O) groups is 5. The largest absolute Gasteiger partial charge is 0.508 e. The SMILES string of the molecule is NC(=O)CC(N)C(=O)NC(Cc1cnc[nH]1)C(=O)N1CCCC1C(=O)NC(Cc1ccc(O)cc1)C(=O)O. The molecule has 4 amide bonds. The van der Waals surface area contributed by atoms with Gasteiger partial charge in [-0.2, -0.15) is 0 Å². The first-order valence-corrected chi connectivity index (χ1v) is 12.0. The Balaban J connectivity index is 1.73. The molecule has 2 heterocycles. The van der Waals surface area contributed by atoms with Crippen LogP contribution in [0.4, 0.5) is 0 Å². The van der Waals surface area contributed by atoms with Gasteiger partial charge < -0.3 is 42.2 Å². The molecule has 14 heteroatoms. The summed E-state index contributed by atoms with van der Waals surface area (Å²) >= 11 is 0. The molecule has 0 bridgehead atoms. The van der Waals surface area contributed by atoms with Crippen molar-refractivity contribution in [3.05, 3.63) is 48.0 Å². The van der Waals surface area contributed by atoms with Gasteiger partial charge in [-0.05, 0) is 30.5 Å². The minimum absolute atomic E-state index is 0.0112. The van der Waals surface area contributed by atoms with Gasteiger partial charge in [-0.15, -0.1) is 0 Å². The minimum Gasteiger partial charge on any atom is -0.508 e. The second-order valence-electron chi connectivity index (χ2n) is 9.08. The number of nitrogens with zero attached hydrogens (tertiary/aromatic N) is 2. The number of likely N-dealkylation sites (tertiary alicyclic amines) is 1. The quantitative estimate of drug-likeness (QED) is 0.163. The number of carboxylic acid groups (broad SMARTS) is 1. The van der Waals surface area contributed by atoms with E-state index in [0.29, 0.717) is 24.1 Å². The number of aromatic amines is 1. The second kappa shape index (κ2) is 12.7. The normalized spacial score (nSPS) is 17.3. The summed E-state index contributed by atoms with van der Waals surface area (Å²) in [5.41, 5.74) is 12.0. The monoisotopic (exact) mass is 529 g/mol. The number of primary amides is 1. The van der Waals surface area contributed by atoms with Gasteiger partial charge in [0.15, 0.2) is 0 Å². The summed E-state index contributed by atoms with van der Waals surface area (Å²) in [6, 6.07) is 1.30. The van der Waals surface area contributed by atoms with Gasteiger partial charge in [0, 0.05) is 31.3 Å². The van der Waals surface area contributed by atoms with E-state index in [1.165, 1.54) is 29.6 Å². The van der Waals surface area contributed by atoms with Crippen LogP contribution >= 0.6 is 0 Å². The fourth-order valence-electron chi connectivity index (χ4n) is 4.24. The Labute approximate surface area is 217 Å². The van der Waals surface area contributed by atoms with Crippen molar-refractivity contribution in [2.24, 2.45) is 11.5 Å². The molecule has 38 heavy (non-hydrogen) atoms. The van der Waals surface area contributed by atoms with Gasteiger partial charge in [0.2, 0.25) is 23.6 Å². The van der Waals surface area contributed by atoms with E-state index in [9.17, 15) is 34.2 Å². The van der Waals surface area contributed by atoms with E-state index in [0.717, 1.165) is 0 Å². The smallest absolute Gasteiger partial charge is 0.326 e. The standard InChI is InChI=1S/C24H31N7O7/c25-16(10-20(26)33)21(34)29-17(9-14-11-27-12-28-14)23(36)31-7-1-2-19(31)22(35)30-18(24(37)38)8-13-3-5-15(32)6-4-13/h3-6,11-12,16-19,32H,1-2,7-10,25H2,(H2,26,33)(H,27,28)(H,29,34)(H,30,35)(H,37,38). The molecule has 4 unspecified atom stereocenters. The van der Waals surface area contributed by atoms with Gasteiger partial charge in [-0.25, -0.2) is 9.78 Å². The molecule has 1 aromatic heterocycles. The van der Waals surface area contributed by atoms with Crippen LogP contribution in [0.25, 0.3) is 0 Å². The number of H-pyrrole nitrogens is 1. The topological polar surface area (TPSA) is 234 Å². The van der Waals surface area contributed by atoms with E-state index in [4.69, 9.17) is 11.5 Å². The average Bonchev–Trinajstić information content (AvgIpc) is 3.56. The third-order valence-electron chi connectivity index (χ3n) is 6.18. The van der Waals surface area contributed by atoms with Crippen molar-refractivity contribution in [2.45, 2.75) is 56.3 Å². The number of benzene rings is 1. The number of nitrogens with one attached hydrogen (secondary N) is 3. The summed E-state index contributed by atoms with van der Waals surface area (Å²) in [7, 11) is 0. The summed E-state index contributed by atoms with van der Waals surface area (Å²) in [6.45, 7) is 0.218. The fraction of sp³-hybridized carbons (Fsp3) is 0.417. The number of imidazole rings is 1. The van der Waals surface area contributed by atoms with Crippen molar-refractivity contribution in [3.63, 3.8) is 0 Å². The number of amides is 4. The number of phenols is 1. The molecule has 1 saturated heterocycles. The molecule has 0 radical (unpaired) electrons. The number of rotatable bonds is 12. The molecule has 1 aliphatic rings. The van der Waals surface area contributed by atoms with Gasteiger partial charge >= 0.3 is 5.97 Å². The zero-order valence-corrected chi connectivity index (χ0v) is 20.5. The number of carbonyl (C=O) groups excluding carboxylic acids is 4. The van der Waals surface area contributed by atoms with Gasteiger partial charge in [-0.3, -0.25) is 19.2 Å². The number of aromatic nitrogens is 2. The first-order chi connectivity index (χ1) is 18.0. The van der Waals surface area contributed by atoms with Crippen molar-refractivity contribution in [2.75, 3.05) is 6.54 Å². The van der Waals surface area contributed by atoms with E-state index in [2.05, 4.69) is 20.6 Å². The molecule has 0 spiro atoms. The van der Waals surface area contributed by atoms with Crippen molar-refractivity contribution in [3.8, 4) is 5.75 Å². The number of nitrogens with two attached hydrogens (primary N) is 2. The lowest BCUT2D eigenvalue weighted by molar-refractivity contribution is -0.144. The highest BCUT2D eigenvalue weighted by atomic mass is 16.4. The number of hydrogen-bond donors (Lipinski definition) is 7. The molecule has 9 N–H and O–H groups in total. The summed E-state index contributed by atoms with van der Waals surface area (Å²) in [4.78, 5) is 70.3. The summed E-state index contributed by atoms with van der Waals surface area (Å²) in [5, 5.41) is 24.1. The van der Waals surface area contributed by atoms with E-state index in [1.807, 2.05) is 0 Å². The highest BCUT2D eigenvalue weighted by molar-refractivity contribution is 5.95. The van der Waals surface area contributed by atoms with Crippen molar-refractivity contribution in [1.29, 1.82) is 0 Å². The van der Waals surface area contributed by atoms with Crippen LogP contribution in [0.5, 0.6) is 5.75 Å². The predicted molar refractivity (Wildman–Crippen MR) is 132 cm³/mol. The Morgan fingerprint density at radius 1 is 1.11 bits per heavy atom. The lowest BCUT2D eigenvalue weighted by atomic mass is 10.0. The maximum atomic E-state index is 13.5. The number of aliphatic carboxylic acids is 1. The number of carboxylic acids is 1. The van der Waals surface area contributed by atoms with E-state index >= 15 is 0 Å². The zero-order chi connectivity index (χ0) is 27.8. The third kappa shape index (κ3) is 7.52. The maximum absolute atomic E-state index is 13.5. The minimum atomic E-state index is -1.27. The molecule has 204 valence electrons. The predicted octanol–water partition coefficient (Wildman–Crippen LogP) is -1.85. The van der Waals surface area contributed by atoms with E-state index < -0.39 is 60.2 Å². The highest BCUT2D eigenvalue weighted by Crippen LogP contribution is 2.20. The van der Waals surface area contributed by atoms with Crippen LogP contribution in [0.15, 0.2) is 36.8 Å². The average molecular weight is 530 g/mol. The van der Waals surface area contributed by atoms with Gasteiger partial charge in [0.05, 0.1) is 18.8 Å². The fourth-order valence-corrected chi connectivity index (χ4v) is 4.24. The Bertz CT molecular complexity index is 1150. The molecule has 14 nitrogen and oxygen atoms in total. The van der Waals surface area contributed by atoms with E-state index in [-0.39, 0.29) is 25.1 Å². The summed E-state index contributed by atoms with van der Waals surface area (Å²) in [6.07, 6.45) is 3.24. The molecule has 1 aliphatic heterocycles. The molecule has 0 saturated carbocycles. The van der Waals surface area contributed by atoms with Crippen molar-refractivity contribution in [1.82, 2.24) is 25.5 Å². The molecule has 3 rings (SSSR count). The number of hydrogen-bond acceptors (Lipinski definition) is 8. The summed E-state index contributed by atoms with van der Waals surface area (Å²) in [5.74, 6) is -3.98. The molecule has 2 aromatic rings. The molecule has 4 atom stereocenters. The third-order valence-corrected chi connectivity index (χ3v) is 6.18. The molecular formula is C24H31N7O7. The highest BCUT2D eigenvalue weighted by Gasteiger charge is 2.39. The van der Waals surface area contributed by atoms with Crippen LogP contribution in [-0.4, -0.2) is 85.4 Å². The molecular weight excluding hydrogens is 498 g/mol. The number of aromatic hydroxyl groups is 1. The van der Waals surface area contributed by atoms with Gasteiger partial charge in [0.25, 0.3) is 0 Å². The van der Waals surface area contributed by atoms with Crippen LogP contribution < -0.4 is 22.1 Å². The van der Waals surface area contributed by atoms with Gasteiger partial charge in [0.1, 0.15) is 23.9 Å². The first kappa shape index (κ1) is 28.1. The zero-order valence-electron chi connectivity index (χ0n) is 20.5. The van der Waals surface area contributed by atoms with Crippen LogP contribution in [0.3, 0.4) is 0 Å². The van der Waals surface area contributed by atoms with Crippen molar-refractivity contribution < 1.29 is 34.2 Å². The maximum Gasteiger partial charge on any atom is 0.326 e. The summed E-state index contributed by atoms with van der Waals surface area (Å²) < 4.78 is 0. The Hall–Kier alpha value is -4.46. The lowest BCUT2D eigenvalue weighted by Gasteiger charge is -2.29.